The van der Waals surface area contributed by atoms with Gasteiger partial charge in [0.1, 0.15) is 0 Å². The number of thiazole rings is 1. The van der Waals surface area contributed by atoms with Gasteiger partial charge in [-0.1, -0.05) is 12.8 Å². The Balaban J connectivity index is 1.79. The molecule has 2 aliphatic rings. The fourth-order valence-electron chi connectivity index (χ4n) is 3.24. The van der Waals surface area contributed by atoms with Crippen molar-refractivity contribution in [2.75, 3.05) is 13.1 Å². The third-order valence-electron chi connectivity index (χ3n) is 4.26. The van der Waals surface area contributed by atoms with Crippen LogP contribution < -0.4 is 5.32 Å². The molecule has 1 saturated heterocycles. The fraction of sp³-hybridized carbons (Fsp3) is 0.786. The standard InChI is InChI=1S/C14H22N2S/c1-10-13(11-6-8-15-9-7-11)17-14(16-10)12-4-2-3-5-12/h11-12,15H,2-9H2,1H3. The van der Waals surface area contributed by atoms with Gasteiger partial charge in [0.2, 0.25) is 0 Å². The zero-order valence-electron chi connectivity index (χ0n) is 10.7. The van der Waals surface area contributed by atoms with Crippen LogP contribution >= 0.6 is 11.3 Å². The summed E-state index contributed by atoms with van der Waals surface area (Å²) in [6.45, 7) is 4.58. The zero-order chi connectivity index (χ0) is 11.7. The van der Waals surface area contributed by atoms with Crippen molar-refractivity contribution in [1.29, 1.82) is 0 Å². The van der Waals surface area contributed by atoms with E-state index in [0.29, 0.717) is 0 Å². The van der Waals surface area contributed by atoms with E-state index in [2.05, 4.69) is 12.2 Å². The molecule has 2 fully saturated rings. The number of nitrogens with zero attached hydrogens (tertiary/aromatic N) is 1. The largest absolute Gasteiger partial charge is 0.317 e. The van der Waals surface area contributed by atoms with Crippen LogP contribution in [0.4, 0.5) is 0 Å². The number of aryl methyl sites for hydroxylation is 1. The molecule has 1 saturated carbocycles. The van der Waals surface area contributed by atoms with Crippen molar-refractivity contribution in [1.82, 2.24) is 10.3 Å². The summed E-state index contributed by atoms with van der Waals surface area (Å²) in [5.41, 5.74) is 1.32. The highest BCUT2D eigenvalue weighted by Gasteiger charge is 2.25. The van der Waals surface area contributed by atoms with E-state index in [-0.39, 0.29) is 0 Å². The predicted molar refractivity (Wildman–Crippen MR) is 72.9 cm³/mol. The van der Waals surface area contributed by atoms with E-state index in [9.17, 15) is 0 Å². The number of aromatic nitrogens is 1. The monoisotopic (exact) mass is 250 g/mol. The average Bonchev–Trinajstić information content (AvgIpc) is 2.99. The molecule has 17 heavy (non-hydrogen) atoms. The molecule has 2 heterocycles. The second-order valence-corrected chi connectivity index (χ2v) is 6.57. The maximum Gasteiger partial charge on any atom is 0.0961 e. The molecule has 1 aliphatic carbocycles. The Labute approximate surface area is 108 Å². The lowest BCUT2D eigenvalue weighted by Crippen LogP contribution is -2.26. The van der Waals surface area contributed by atoms with Crippen molar-refractivity contribution < 1.29 is 0 Å². The summed E-state index contributed by atoms with van der Waals surface area (Å²) in [4.78, 5) is 6.46. The first-order valence-electron chi connectivity index (χ1n) is 7.02. The molecule has 1 aromatic rings. The van der Waals surface area contributed by atoms with Crippen molar-refractivity contribution in [2.45, 2.75) is 57.3 Å². The smallest absolute Gasteiger partial charge is 0.0961 e. The van der Waals surface area contributed by atoms with Gasteiger partial charge in [0, 0.05) is 10.8 Å². The molecule has 1 aliphatic heterocycles. The van der Waals surface area contributed by atoms with Gasteiger partial charge in [-0.2, -0.15) is 0 Å². The number of nitrogens with one attached hydrogen (secondary N) is 1. The van der Waals surface area contributed by atoms with Crippen molar-refractivity contribution in [3.8, 4) is 0 Å². The topological polar surface area (TPSA) is 24.9 Å². The molecule has 1 aromatic heterocycles. The lowest BCUT2D eigenvalue weighted by Gasteiger charge is -2.21. The maximum absolute atomic E-state index is 4.87. The number of hydrogen-bond donors (Lipinski definition) is 1. The Morgan fingerprint density at radius 3 is 2.47 bits per heavy atom. The summed E-state index contributed by atoms with van der Waals surface area (Å²) in [5, 5.41) is 4.89. The summed E-state index contributed by atoms with van der Waals surface area (Å²) in [6.07, 6.45) is 8.16. The summed E-state index contributed by atoms with van der Waals surface area (Å²) >= 11 is 2.02. The second kappa shape index (κ2) is 5.07. The van der Waals surface area contributed by atoms with Crippen LogP contribution in [0.3, 0.4) is 0 Å². The van der Waals surface area contributed by atoms with Gasteiger partial charge in [-0.3, -0.25) is 0 Å². The van der Waals surface area contributed by atoms with E-state index in [4.69, 9.17) is 4.98 Å². The fourth-order valence-corrected chi connectivity index (χ4v) is 4.65. The van der Waals surface area contributed by atoms with Crippen LogP contribution in [-0.2, 0) is 0 Å². The van der Waals surface area contributed by atoms with Crippen molar-refractivity contribution in [3.63, 3.8) is 0 Å². The highest BCUT2D eigenvalue weighted by molar-refractivity contribution is 7.12. The molecule has 0 atom stereocenters. The quantitative estimate of drug-likeness (QED) is 0.868. The van der Waals surface area contributed by atoms with Crippen LogP contribution in [0.15, 0.2) is 0 Å². The Hall–Kier alpha value is -0.410. The van der Waals surface area contributed by atoms with E-state index in [1.54, 1.807) is 4.88 Å². The first kappa shape index (κ1) is 11.7. The zero-order valence-corrected chi connectivity index (χ0v) is 11.5. The van der Waals surface area contributed by atoms with Gasteiger partial charge in [0.15, 0.2) is 0 Å². The van der Waals surface area contributed by atoms with Crippen LogP contribution in [0.1, 0.15) is 65.9 Å². The molecule has 1 N–H and O–H groups in total. The molecule has 0 radical (unpaired) electrons. The Kier molecular flexibility index (Phi) is 3.48. The Bertz CT molecular complexity index is 374. The van der Waals surface area contributed by atoms with Gasteiger partial charge >= 0.3 is 0 Å². The van der Waals surface area contributed by atoms with Crippen LogP contribution in [-0.4, -0.2) is 18.1 Å². The SMILES string of the molecule is Cc1nc(C2CCCC2)sc1C1CCNCC1. The summed E-state index contributed by atoms with van der Waals surface area (Å²) in [7, 11) is 0. The van der Waals surface area contributed by atoms with Crippen molar-refractivity contribution in [3.05, 3.63) is 15.6 Å². The lowest BCUT2D eigenvalue weighted by molar-refractivity contribution is 0.463. The normalized spacial score (nSPS) is 23.4. The molecule has 2 nitrogen and oxygen atoms in total. The van der Waals surface area contributed by atoms with E-state index in [0.717, 1.165) is 11.8 Å². The molecule has 0 aromatic carbocycles. The predicted octanol–water partition coefficient (Wildman–Crippen LogP) is 3.58. The van der Waals surface area contributed by atoms with Gasteiger partial charge in [-0.05, 0) is 51.6 Å². The van der Waals surface area contributed by atoms with Crippen molar-refractivity contribution >= 4 is 11.3 Å². The molecular weight excluding hydrogens is 228 g/mol. The molecule has 0 bridgehead atoms. The summed E-state index contributed by atoms with van der Waals surface area (Å²) < 4.78 is 0. The molecular formula is C14H22N2S. The third kappa shape index (κ3) is 2.41. The highest BCUT2D eigenvalue weighted by atomic mass is 32.1. The minimum absolute atomic E-state index is 0.781. The van der Waals surface area contributed by atoms with Gasteiger partial charge in [-0.15, -0.1) is 11.3 Å². The summed E-state index contributed by atoms with van der Waals surface area (Å²) in [6, 6.07) is 0. The maximum atomic E-state index is 4.87. The van der Waals surface area contributed by atoms with Gasteiger partial charge in [0.05, 0.1) is 10.7 Å². The van der Waals surface area contributed by atoms with Crippen LogP contribution in [0, 0.1) is 6.92 Å². The first-order chi connectivity index (χ1) is 8.34. The van der Waals surface area contributed by atoms with E-state index >= 15 is 0 Å². The Morgan fingerprint density at radius 1 is 1.06 bits per heavy atom. The Morgan fingerprint density at radius 2 is 1.76 bits per heavy atom. The van der Waals surface area contributed by atoms with Crippen LogP contribution in [0.2, 0.25) is 0 Å². The highest BCUT2D eigenvalue weighted by Crippen LogP contribution is 2.40. The summed E-state index contributed by atoms with van der Waals surface area (Å²) in [5.74, 6) is 1.57. The average molecular weight is 250 g/mol. The third-order valence-corrected chi connectivity index (χ3v) is 5.75. The minimum Gasteiger partial charge on any atom is -0.317 e. The van der Waals surface area contributed by atoms with Crippen LogP contribution in [0.5, 0.6) is 0 Å². The molecule has 3 heteroatoms. The number of rotatable bonds is 2. The molecule has 94 valence electrons. The molecule has 3 rings (SSSR count). The number of piperidine rings is 1. The second-order valence-electron chi connectivity index (χ2n) is 5.51. The van der Waals surface area contributed by atoms with Crippen molar-refractivity contribution in [2.24, 2.45) is 0 Å². The number of hydrogen-bond acceptors (Lipinski definition) is 3. The molecule has 0 amide bonds. The van der Waals surface area contributed by atoms with E-state index < -0.39 is 0 Å². The molecule has 0 unspecified atom stereocenters. The lowest BCUT2D eigenvalue weighted by atomic mass is 9.96. The van der Waals surface area contributed by atoms with Crippen LogP contribution in [0.25, 0.3) is 0 Å². The van der Waals surface area contributed by atoms with E-state index in [1.165, 1.54) is 62.3 Å². The first-order valence-corrected chi connectivity index (χ1v) is 7.84. The van der Waals surface area contributed by atoms with E-state index in [1.807, 2.05) is 11.3 Å². The van der Waals surface area contributed by atoms with Gasteiger partial charge < -0.3 is 5.32 Å². The minimum atomic E-state index is 0.781. The van der Waals surface area contributed by atoms with Gasteiger partial charge in [0.25, 0.3) is 0 Å². The van der Waals surface area contributed by atoms with Gasteiger partial charge in [-0.25, -0.2) is 4.98 Å². The molecule has 0 spiro atoms.